The fourth-order valence-corrected chi connectivity index (χ4v) is 3.67. The summed E-state index contributed by atoms with van der Waals surface area (Å²) >= 11 is 0. The van der Waals surface area contributed by atoms with E-state index in [2.05, 4.69) is 10.2 Å². The third-order valence-corrected chi connectivity index (χ3v) is 4.96. The Morgan fingerprint density at radius 3 is 2.84 bits per heavy atom. The molecule has 0 radical (unpaired) electrons. The Morgan fingerprint density at radius 2 is 2.12 bits per heavy atom. The topological polar surface area (TPSA) is 68.5 Å². The number of carbonyl (C=O) groups is 1. The van der Waals surface area contributed by atoms with Gasteiger partial charge in [-0.2, -0.15) is 0 Å². The van der Waals surface area contributed by atoms with Crippen molar-refractivity contribution in [3.8, 4) is 0 Å². The van der Waals surface area contributed by atoms with Crippen LogP contribution in [-0.4, -0.2) is 40.2 Å². The molecule has 0 N–H and O–H groups in total. The van der Waals surface area contributed by atoms with E-state index in [0.29, 0.717) is 31.3 Å². The molecule has 2 fully saturated rings. The fourth-order valence-electron chi connectivity index (χ4n) is 3.67. The van der Waals surface area contributed by atoms with E-state index in [0.717, 1.165) is 18.4 Å². The molecule has 6 nitrogen and oxygen atoms in total. The summed E-state index contributed by atoms with van der Waals surface area (Å²) in [6.45, 7) is 3.11. The standard InChI is InChI=1S/C18H20FN3O3/c1-11-20-21-18(24-11)16-9-13-10-22(7-6-15(13)25-16)17(23)8-12-2-4-14(19)5-3-12/h2-5,13,15-16H,6-10H2,1H3/t13-,15-,16+/m0/s1. The fraction of sp³-hybridized carbons (Fsp3) is 0.500. The van der Waals surface area contributed by atoms with Gasteiger partial charge in [0.05, 0.1) is 12.5 Å². The van der Waals surface area contributed by atoms with E-state index in [4.69, 9.17) is 9.15 Å². The smallest absolute Gasteiger partial charge is 0.245 e. The van der Waals surface area contributed by atoms with Crippen molar-refractivity contribution < 1.29 is 18.3 Å². The second kappa shape index (κ2) is 6.55. The number of aryl methyl sites for hydroxylation is 1. The number of hydrogen-bond acceptors (Lipinski definition) is 5. The third kappa shape index (κ3) is 3.42. The second-order valence-electron chi connectivity index (χ2n) is 6.75. The highest BCUT2D eigenvalue weighted by Crippen LogP contribution is 2.40. The minimum Gasteiger partial charge on any atom is -0.423 e. The van der Waals surface area contributed by atoms with Crippen molar-refractivity contribution in [1.82, 2.24) is 15.1 Å². The number of hydrogen-bond donors (Lipinski definition) is 0. The van der Waals surface area contributed by atoms with E-state index in [1.165, 1.54) is 12.1 Å². The first-order valence-electron chi connectivity index (χ1n) is 8.56. The Morgan fingerprint density at radius 1 is 1.32 bits per heavy atom. The Hall–Kier alpha value is -2.28. The molecule has 0 saturated carbocycles. The predicted molar refractivity (Wildman–Crippen MR) is 86.1 cm³/mol. The summed E-state index contributed by atoms with van der Waals surface area (Å²) < 4.78 is 24.5. The van der Waals surface area contributed by atoms with Crippen molar-refractivity contribution in [2.75, 3.05) is 13.1 Å². The molecule has 3 atom stereocenters. The minimum atomic E-state index is -0.289. The zero-order chi connectivity index (χ0) is 17.4. The average molecular weight is 345 g/mol. The van der Waals surface area contributed by atoms with E-state index in [1.807, 2.05) is 4.90 Å². The van der Waals surface area contributed by atoms with Gasteiger partial charge in [0, 0.05) is 25.9 Å². The zero-order valence-corrected chi connectivity index (χ0v) is 14.0. The number of rotatable bonds is 3. The Balaban J connectivity index is 1.37. The third-order valence-electron chi connectivity index (χ3n) is 4.96. The Bertz CT molecular complexity index is 761. The summed E-state index contributed by atoms with van der Waals surface area (Å²) in [5, 5.41) is 7.91. The van der Waals surface area contributed by atoms with Gasteiger partial charge >= 0.3 is 0 Å². The number of likely N-dealkylation sites (tertiary alicyclic amines) is 1. The van der Waals surface area contributed by atoms with Crippen LogP contribution >= 0.6 is 0 Å². The highest BCUT2D eigenvalue weighted by atomic mass is 19.1. The van der Waals surface area contributed by atoms with Gasteiger partial charge in [-0.05, 0) is 30.5 Å². The second-order valence-corrected chi connectivity index (χ2v) is 6.75. The number of halogens is 1. The maximum atomic E-state index is 13.0. The van der Waals surface area contributed by atoms with E-state index < -0.39 is 0 Å². The number of amides is 1. The van der Waals surface area contributed by atoms with Gasteiger partial charge in [0.1, 0.15) is 11.9 Å². The molecule has 2 saturated heterocycles. The van der Waals surface area contributed by atoms with Gasteiger partial charge in [-0.25, -0.2) is 4.39 Å². The lowest BCUT2D eigenvalue weighted by Gasteiger charge is -2.34. The molecule has 132 valence electrons. The van der Waals surface area contributed by atoms with Crippen LogP contribution in [0.25, 0.3) is 0 Å². The van der Waals surface area contributed by atoms with E-state index in [-0.39, 0.29) is 29.9 Å². The maximum absolute atomic E-state index is 13.0. The quantitative estimate of drug-likeness (QED) is 0.855. The molecule has 1 aromatic heterocycles. The summed E-state index contributed by atoms with van der Waals surface area (Å²) in [5.41, 5.74) is 0.829. The molecule has 2 aliphatic rings. The van der Waals surface area contributed by atoms with Crippen LogP contribution in [0.15, 0.2) is 28.7 Å². The van der Waals surface area contributed by atoms with Crippen molar-refractivity contribution >= 4 is 5.91 Å². The van der Waals surface area contributed by atoms with Gasteiger partial charge in [0.15, 0.2) is 0 Å². The zero-order valence-electron chi connectivity index (χ0n) is 14.0. The van der Waals surface area contributed by atoms with Crippen molar-refractivity contribution in [2.24, 2.45) is 5.92 Å². The van der Waals surface area contributed by atoms with Crippen LogP contribution < -0.4 is 0 Å². The van der Waals surface area contributed by atoms with Gasteiger partial charge in [0.25, 0.3) is 0 Å². The predicted octanol–water partition coefficient (Wildman–Crippen LogP) is 2.44. The van der Waals surface area contributed by atoms with E-state index in [1.54, 1.807) is 19.1 Å². The molecule has 0 aliphatic carbocycles. The molecule has 2 aliphatic heterocycles. The van der Waals surface area contributed by atoms with Crippen LogP contribution in [0.4, 0.5) is 4.39 Å². The lowest BCUT2D eigenvalue weighted by molar-refractivity contribution is -0.133. The first-order valence-corrected chi connectivity index (χ1v) is 8.56. The lowest BCUT2D eigenvalue weighted by Crippen LogP contribution is -2.45. The molecule has 1 aromatic carbocycles. The number of fused-ring (bicyclic) bond motifs is 1. The lowest BCUT2D eigenvalue weighted by atomic mass is 9.92. The average Bonchev–Trinajstić information content (AvgIpc) is 3.22. The maximum Gasteiger partial charge on any atom is 0.245 e. The summed E-state index contributed by atoms with van der Waals surface area (Å²) in [4.78, 5) is 14.4. The van der Waals surface area contributed by atoms with Crippen LogP contribution in [0.3, 0.4) is 0 Å². The largest absolute Gasteiger partial charge is 0.423 e. The molecule has 0 unspecified atom stereocenters. The van der Waals surface area contributed by atoms with Gasteiger partial charge < -0.3 is 14.1 Å². The van der Waals surface area contributed by atoms with Gasteiger partial charge in [-0.1, -0.05) is 12.1 Å². The first kappa shape index (κ1) is 16.2. The van der Waals surface area contributed by atoms with Crippen molar-refractivity contribution in [2.45, 2.75) is 38.4 Å². The van der Waals surface area contributed by atoms with Crippen LogP contribution in [0.5, 0.6) is 0 Å². The minimum absolute atomic E-state index is 0.0714. The molecule has 3 heterocycles. The molecule has 7 heteroatoms. The molecule has 4 rings (SSSR count). The van der Waals surface area contributed by atoms with Crippen LogP contribution in [0.1, 0.15) is 36.3 Å². The van der Waals surface area contributed by atoms with Gasteiger partial charge in [-0.15, -0.1) is 10.2 Å². The van der Waals surface area contributed by atoms with Gasteiger partial charge in [0.2, 0.25) is 17.7 Å². The molecular weight excluding hydrogens is 325 g/mol. The number of carbonyl (C=O) groups excluding carboxylic acids is 1. The Kier molecular flexibility index (Phi) is 4.25. The molecular formula is C18H20FN3O3. The van der Waals surface area contributed by atoms with E-state index >= 15 is 0 Å². The SMILES string of the molecule is Cc1nnc([C@H]2C[C@H]3CN(C(=O)Cc4ccc(F)cc4)CC[C@@H]3O2)o1. The summed E-state index contributed by atoms with van der Waals surface area (Å²) in [5.74, 6) is 1.12. The van der Waals surface area contributed by atoms with Crippen molar-refractivity contribution in [1.29, 1.82) is 0 Å². The first-order chi connectivity index (χ1) is 12.1. The molecule has 25 heavy (non-hydrogen) atoms. The Labute approximate surface area is 145 Å². The number of benzene rings is 1. The number of piperidine rings is 1. The number of ether oxygens (including phenoxy) is 1. The van der Waals surface area contributed by atoms with Crippen molar-refractivity contribution in [3.05, 3.63) is 47.4 Å². The number of aromatic nitrogens is 2. The van der Waals surface area contributed by atoms with Crippen LogP contribution in [0, 0.1) is 18.7 Å². The van der Waals surface area contributed by atoms with Crippen LogP contribution in [0.2, 0.25) is 0 Å². The molecule has 1 amide bonds. The number of nitrogens with zero attached hydrogens (tertiary/aromatic N) is 3. The highest BCUT2D eigenvalue weighted by molar-refractivity contribution is 5.78. The molecule has 0 spiro atoms. The normalized spacial score (nSPS) is 25.8. The van der Waals surface area contributed by atoms with Gasteiger partial charge in [-0.3, -0.25) is 4.79 Å². The molecule has 0 bridgehead atoms. The highest BCUT2D eigenvalue weighted by Gasteiger charge is 2.42. The monoisotopic (exact) mass is 345 g/mol. The molecule has 2 aromatic rings. The summed E-state index contributed by atoms with van der Waals surface area (Å²) in [7, 11) is 0. The van der Waals surface area contributed by atoms with Crippen molar-refractivity contribution in [3.63, 3.8) is 0 Å². The van der Waals surface area contributed by atoms with E-state index in [9.17, 15) is 9.18 Å². The summed E-state index contributed by atoms with van der Waals surface area (Å²) in [6, 6.07) is 6.09. The van der Waals surface area contributed by atoms with Crippen LogP contribution in [-0.2, 0) is 16.0 Å². The summed E-state index contributed by atoms with van der Waals surface area (Å²) in [6.07, 6.45) is 1.84.